The van der Waals surface area contributed by atoms with Crippen LogP contribution in [0.4, 0.5) is 0 Å². The lowest BCUT2D eigenvalue weighted by atomic mass is 10.0. The topological polar surface area (TPSA) is 49.4 Å². The third-order valence-corrected chi connectivity index (χ3v) is 3.86. The number of hydrogen-bond acceptors (Lipinski definition) is 2. The van der Waals surface area contributed by atoms with Crippen LogP contribution >= 0.6 is 0 Å². The number of amides is 2. The number of rotatable bonds is 8. The summed E-state index contributed by atoms with van der Waals surface area (Å²) in [4.78, 5) is 26.7. The Kier molecular flexibility index (Phi) is 5.83. The van der Waals surface area contributed by atoms with Crippen LogP contribution < -0.4 is 5.32 Å². The Labute approximate surface area is 116 Å². The van der Waals surface area contributed by atoms with Crippen molar-refractivity contribution in [1.29, 1.82) is 0 Å². The van der Waals surface area contributed by atoms with Gasteiger partial charge in [0, 0.05) is 19.1 Å². The number of nitrogens with one attached hydrogen (secondary N) is 1. The van der Waals surface area contributed by atoms with Gasteiger partial charge in [0.05, 0.1) is 0 Å². The standard InChI is InChI=1S/C15H28N2O2/c1-5-10-17(11-6-2)14(19)15(8-9-15)13(18)16-12(4)7-3/h12H,5-11H2,1-4H3,(H,16,18). The Morgan fingerprint density at radius 2 is 1.68 bits per heavy atom. The second-order valence-corrected chi connectivity index (χ2v) is 5.66. The van der Waals surface area contributed by atoms with Crippen LogP contribution in [-0.2, 0) is 9.59 Å². The van der Waals surface area contributed by atoms with Gasteiger partial charge in [0.1, 0.15) is 5.41 Å². The van der Waals surface area contributed by atoms with E-state index in [0.717, 1.165) is 32.4 Å². The minimum Gasteiger partial charge on any atom is -0.353 e. The van der Waals surface area contributed by atoms with Gasteiger partial charge in [-0.05, 0) is 39.0 Å². The minimum absolute atomic E-state index is 0.0389. The van der Waals surface area contributed by atoms with E-state index in [1.165, 1.54) is 0 Å². The SMILES string of the molecule is CCCN(CCC)C(=O)C1(C(=O)NC(C)CC)CC1. The van der Waals surface area contributed by atoms with Crippen molar-refractivity contribution in [3.8, 4) is 0 Å². The molecule has 0 heterocycles. The first-order chi connectivity index (χ1) is 9.01. The molecule has 110 valence electrons. The average molecular weight is 268 g/mol. The summed E-state index contributed by atoms with van der Waals surface area (Å²) in [7, 11) is 0. The molecule has 1 fully saturated rings. The van der Waals surface area contributed by atoms with Crippen LogP contribution in [0.5, 0.6) is 0 Å². The first-order valence-electron chi connectivity index (χ1n) is 7.62. The van der Waals surface area contributed by atoms with Crippen LogP contribution in [0.3, 0.4) is 0 Å². The molecule has 4 heteroatoms. The lowest BCUT2D eigenvalue weighted by Gasteiger charge is -2.27. The predicted octanol–water partition coefficient (Wildman–Crippen LogP) is 2.33. The maximum Gasteiger partial charge on any atom is 0.238 e. The monoisotopic (exact) mass is 268 g/mol. The van der Waals surface area contributed by atoms with Crippen molar-refractivity contribution in [1.82, 2.24) is 10.2 Å². The fraction of sp³-hybridized carbons (Fsp3) is 0.867. The summed E-state index contributed by atoms with van der Waals surface area (Å²) in [6, 6.07) is 0.142. The van der Waals surface area contributed by atoms with Gasteiger partial charge in [0.2, 0.25) is 11.8 Å². The second kappa shape index (κ2) is 6.92. The predicted molar refractivity (Wildman–Crippen MR) is 76.7 cm³/mol. The summed E-state index contributed by atoms with van der Waals surface area (Å²) in [6.07, 6.45) is 4.18. The summed E-state index contributed by atoms with van der Waals surface area (Å²) in [5, 5.41) is 2.97. The van der Waals surface area contributed by atoms with Crippen molar-refractivity contribution >= 4 is 11.8 Å². The highest BCUT2D eigenvalue weighted by atomic mass is 16.2. The normalized spacial score (nSPS) is 17.7. The molecule has 0 bridgehead atoms. The highest BCUT2D eigenvalue weighted by molar-refractivity contribution is 6.07. The number of hydrogen-bond donors (Lipinski definition) is 1. The van der Waals surface area contributed by atoms with Crippen LogP contribution in [0, 0.1) is 5.41 Å². The van der Waals surface area contributed by atoms with Crippen molar-refractivity contribution in [2.24, 2.45) is 5.41 Å². The summed E-state index contributed by atoms with van der Waals surface area (Å²) in [5.41, 5.74) is -0.742. The summed E-state index contributed by atoms with van der Waals surface area (Å²) >= 11 is 0. The van der Waals surface area contributed by atoms with Crippen LogP contribution in [0.2, 0.25) is 0 Å². The Bertz CT molecular complexity index is 318. The Morgan fingerprint density at radius 1 is 1.16 bits per heavy atom. The fourth-order valence-electron chi connectivity index (χ4n) is 2.28. The quantitative estimate of drug-likeness (QED) is 0.687. The van der Waals surface area contributed by atoms with E-state index in [1.807, 2.05) is 18.7 Å². The van der Waals surface area contributed by atoms with Crippen molar-refractivity contribution < 1.29 is 9.59 Å². The van der Waals surface area contributed by atoms with Gasteiger partial charge in [0.25, 0.3) is 0 Å². The zero-order chi connectivity index (χ0) is 14.5. The van der Waals surface area contributed by atoms with Crippen molar-refractivity contribution in [2.75, 3.05) is 13.1 Å². The van der Waals surface area contributed by atoms with E-state index in [-0.39, 0.29) is 17.9 Å². The first kappa shape index (κ1) is 16.0. The highest BCUT2D eigenvalue weighted by Crippen LogP contribution is 2.47. The molecular formula is C15H28N2O2. The summed E-state index contributed by atoms with van der Waals surface area (Å²) in [6.45, 7) is 9.65. The zero-order valence-electron chi connectivity index (χ0n) is 12.8. The number of carbonyl (C=O) groups excluding carboxylic acids is 2. The molecule has 1 saturated carbocycles. The van der Waals surface area contributed by atoms with Gasteiger partial charge in [-0.2, -0.15) is 0 Å². The maximum absolute atomic E-state index is 12.6. The van der Waals surface area contributed by atoms with Gasteiger partial charge in [-0.1, -0.05) is 20.8 Å². The molecular weight excluding hydrogens is 240 g/mol. The average Bonchev–Trinajstić information content (AvgIpc) is 3.19. The molecule has 0 aromatic carbocycles. The fourth-order valence-corrected chi connectivity index (χ4v) is 2.28. The zero-order valence-corrected chi connectivity index (χ0v) is 12.8. The molecule has 0 aliphatic heterocycles. The molecule has 1 aliphatic rings. The summed E-state index contributed by atoms with van der Waals surface area (Å²) in [5.74, 6) is -0.0268. The maximum atomic E-state index is 12.6. The van der Waals surface area contributed by atoms with E-state index in [9.17, 15) is 9.59 Å². The molecule has 0 radical (unpaired) electrons. The number of nitrogens with zero attached hydrogens (tertiary/aromatic N) is 1. The molecule has 0 spiro atoms. The van der Waals surface area contributed by atoms with E-state index in [1.54, 1.807) is 0 Å². The van der Waals surface area contributed by atoms with E-state index < -0.39 is 5.41 Å². The minimum atomic E-state index is -0.742. The lowest BCUT2D eigenvalue weighted by Crippen LogP contribution is -2.47. The van der Waals surface area contributed by atoms with Gasteiger partial charge in [-0.3, -0.25) is 9.59 Å². The van der Waals surface area contributed by atoms with Crippen molar-refractivity contribution in [3.05, 3.63) is 0 Å². The van der Waals surface area contributed by atoms with Gasteiger partial charge in [-0.25, -0.2) is 0 Å². The molecule has 19 heavy (non-hydrogen) atoms. The van der Waals surface area contributed by atoms with E-state index in [4.69, 9.17) is 0 Å². The van der Waals surface area contributed by atoms with E-state index in [0.29, 0.717) is 12.8 Å². The van der Waals surface area contributed by atoms with Crippen LogP contribution in [0.15, 0.2) is 0 Å². The first-order valence-corrected chi connectivity index (χ1v) is 7.62. The molecule has 1 atom stereocenters. The van der Waals surface area contributed by atoms with Gasteiger partial charge in [0.15, 0.2) is 0 Å². The molecule has 1 rings (SSSR count). The second-order valence-electron chi connectivity index (χ2n) is 5.66. The third kappa shape index (κ3) is 3.71. The van der Waals surface area contributed by atoms with Crippen LogP contribution in [0.25, 0.3) is 0 Å². The largest absolute Gasteiger partial charge is 0.353 e. The van der Waals surface area contributed by atoms with Gasteiger partial charge in [-0.15, -0.1) is 0 Å². The molecule has 1 N–H and O–H groups in total. The van der Waals surface area contributed by atoms with Crippen molar-refractivity contribution in [2.45, 2.75) is 65.8 Å². The Hall–Kier alpha value is -1.06. The van der Waals surface area contributed by atoms with Gasteiger partial charge < -0.3 is 10.2 Å². The number of carbonyl (C=O) groups is 2. The lowest BCUT2D eigenvalue weighted by molar-refractivity contribution is -0.144. The van der Waals surface area contributed by atoms with Crippen LogP contribution in [0.1, 0.15) is 59.8 Å². The molecule has 0 saturated heterocycles. The smallest absolute Gasteiger partial charge is 0.238 e. The molecule has 0 aromatic heterocycles. The van der Waals surface area contributed by atoms with E-state index >= 15 is 0 Å². The van der Waals surface area contributed by atoms with Crippen molar-refractivity contribution in [3.63, 3.8) is 0 Å². The molecule has 0 aromatic rings. The Balaban J connectivity index is 2.70. The van der Waals surface area contributed by atoms with Crippen LogP contribution in [-0.4, -0.2) is 35.8 Å². The Morgan fingerprint density at radius 3 is 2.05 bits per heavy atom. The summed E-state index contributed by atoms with van der Waals surface area (Å²) < 4.78 is 0. The third-order valence-electron chi connectivity index (χ3n) is 3.86. The molecule has 1 aliphatic carbocycles. The molecule has 4 nitrogen and oxygen atoms in total. The molecule has 2 amide bonds. The van der Waals surface area contributed by atoms with E-state index in [2.05, 4.69) is 19.2 Å². The highest BCUT2D eigenvalue weighted by Gasteiger charge is 2.57. The van der Waals surface area contributed by atoms with Gasteiger partial charge >= 0.3 is 0 Å². The molecule has 1 unspecified atom stereocenters.